The zero-order valence-electron chi connectivity index (χ0n) is 31.7. The lowest BCUT2D eigenvalue weighted by atomic mass is 9.90. The topological polar surface area (TPSA) is 64.7 Å². The van der Waals surface area contributed by atoms with Crippen molar-refractivity contribution < 1.29 is 4.42 Å². The van der Waals surface area contributed by atoms with Crippen LogP contribution < -0.4 is 0 Å². The number of furan rings is 1. The molecule has 3 aromatic heterocycles. The molecule has 9 aromatic carbocycles. The van der Waals surface area contributed by atoms with Gasteiger partial charge in [0.05, 0.1) is 11.1 Å². The van der Waals surface area contributed by atoms with Crippen molar-refractivity contribution >= 4 is 65.2 Å². The third-order valence-electron chi connectivity index (χ3n) is 11.6. The Bertz CT molecular complexity index is 3610. The van der Waals surface area contributed by atoms with Crippen LogP contribution in [0.5, 0.6) is 0 Å². The van der Waals surface area contributed by atoms with E-state index in [-0.39, 0.29) is 0 Å². The van der Waals surface area contributed by atoms with Crippen molar-refractivity contribution in [1.82, 2.24) is 19.9 Å². The Balaban J connectivity index is 1.01. The summed E-state index contributed by atoms with van der Waals surface area (Å²) in [5, 5.41) is 11.4. The molecule has 5 nitrogen and oxygen atoms in total. The van der Waals surface area contributed by atoms with E-state index in [0.717, 1.165) is 65.8 Å². The van der Waals surface area contributed by atoms with Gasteiger partial charge in [-0.25, -0.2) is 19.9 Å². The van der Waals surface area contributed by atoms with Crippen molar-refractivity contribution in [2.45, 2.75) is 0 Å². The van der Waals surface area contributed by atoms with Crippen LogP contribution >= 0.6 is 0 Å². The first-order valence-electron chi connectivity index (χ1n) is 19.8. The maximum absolute atomic E-state index is 6.29. The number of pyridine rings is 1. The van der Waals surface area contributed by atoms with Crippen LogP contribution in [0.25, 0.3) is 122 Å². The predicted octanol–water partition coefficient (Wildman–Crippen LogP) is 14.1. The number of aromatic nitrogens is 4. The monoisotopic (exact) mass is 752 g/mol. The van der Waals surface area contributed by atoms with E-state index in [0.29, 0.717) is 23.2 Å². The third-order valence-corrected chi connectivity index (χ3v) is 11.6. The molecule has 0 aliphatic rings. The van der Waals surface area contributed by atoms with Gasteiger partial charge in [-0.15, -0.1) is 0 Å². The van der Waals surface area contributed by atoms with Gasteiger partial charge in [0.25, 0.3) is 0 Å². The van der Waals surface area contributed by atoms with E-state index in [1.807, 2.05) is 48.5 Å². The predicted molar refractivity (Wildman–Crippen MR) is 242 cm³/mol. The summed E-state index contributed by atoms with van der Waals surface area (Å²) in [6.45, 7) is 0. The van der Waals surface area contributed by atoms with Crippen molar-refractivity contribution in [3.05, 3.63) is 194 Å². The highest BCUT2D eigenvalue weighted by Gasteiger charge is 2.19. The molecule has 12 aromatic rings. The van der Waals surface area contributed by atoms with Gasteiger partial charge in [0.1, 0.15) is 5.58 Å². The van der Waals surface area contributed by atoms with Crippen LogP contribution in [-0.4, -0.2) is 19.9 Å². The van der Waals surface area contributed by atoms with Gasteiger partial charge in [0.15, 0.2) is 17.5 Å². The Morgan fingerprint density at radius 2 is 0.847 bits per heavy atom. The first kappa shape index (κ1) is 33.2. The number of para-hydroxylation sites is 1. The van der Waals surface area contributed by atoms with Gasteiger partial charge in [-0.1, -0.05) is 182 Å². The molecule has 0 bridgehead atoms. The Kier molecular flexibility index (Phi) is 7.47. The summed E-state index contributed by atoms with van der Waals surface area (Å²) in [7, 11) is 0. The molecule has 0 saturated carbocycles. The normalized spacial score (nSPS) is 11.7. The number of hydrogen-bond acceptors (Lipinski definition) is 5. The summed E-state index contributed by atoms with van der Waals surface area (Å²) in [5.41, 5.74) is 8.43. The second-order valence-corrected chi connectivity index (χ2v) is 14.9. The number of nitrogens with zero attached hydrogens (tertiary/aromatic N) is 4. The molecule has 3 heterocycles. The van der Waals surface area contributed by atoms with Crippen LogP contribution in [-0.2, 0) is 0 Å². The number of fused-ring (bicyclic) bond motifs is 9. The van der Waals surface area contributed by atoms with E-state index >= 15 is 0 Å². The van der Waals surface area contributed by atoms with Crippen molar-refractivity contribution in [2.24, 2.45) is 0 Å². The molecule has 0 fully saturated rings. The lowest BCUT2D eigenvalue weighted by Crippen LogP contribution is -2.01. The molecule has 12 rings (SSSR count). The van der Waals surface area contributed by atoms with Gasteiger partial charge in [-0.05, 0) is 61.0 Å². The summed E-state index contributed by atoms with van der Waals surface area (Å²) in [5.74, 6) is 1.83. The van der Waals surface area contributed by atoms with E-state index in [1.54, 1.807) is 0 Å². The SMILES string of the molecule is c1ccc(-c2nc(-c3ccc(-c4nc5oc6ccccc6c5c5ccccc45)cc3)nc(-c3ccc(-c4cccc5ccc6ccccc6c45)c4ccccc34)n2)cc1. The molecule has 0 atom stereocenters. The van der Waals surface area contributed by atoms with Gasteiger partial charge >= 0.3 is 0 Å². The van der Waals surface area contributed by atoms with Crippen LogP contribution in [0.4, 0.5) is 0 Å². The zero-order valence-corrected chi connectivity index (χ0v) is 31.7. The smallest absolute Gasteiger partial charge is 0.228 e. The largest absolute Gasteiger partial charge is 0.438 e. The van der Waals surface area contributed by atoms with E-state index < -0.39 is 0 Å². The highest BCUT2D eigenvalue weighted by molar-refractivity contribution is 6.20. The van der Waals surface area contributed by atoms with Crippen LogP contribution in [0.3, 0.4) is 0 Å². The average molecular weight is 753 g/mol. The van der Waals surface area contributed by atoms with Gasteiger partial charge in [0, 0.05) is 33.0 Å². The van der Waals surface area contributed by atoms with E-state index in [9.17, 15) is 0 Å². The molecule has 0 aliphatic heterocycles. The fraction of sp³-hybridized carbons (Fsp3) is 0. The summed E-state index contributed by atoms with van der Waals surface area (Å²) >= 11 is 0. The molecule has 0 unspecified atom stereocenters. The van der Waals surface area contributed by atoms with Crippen LogP contribution in [0.2, 0.25) is 0 Å². The lowest BCUT2D eigenvalue weighted by Gasteiger charge is -2.15. The maximum atomic E-state index is 6.29. The Morgan fingerprint density at radius 3 is 1.64 bits per heavy atom. The quantitative estimate of drug-likeness (QED) is 0.164. The molecule has 59 heavy (non-hydrogen) atoms. The van der Waals surface area contributed by atoms with Crippen molar-refractivity contribution in [3.8, 4) is 56.5 Å². The van der Waals surface area contributed by atoms with Crippen LogP contribution in [0, 0.1) is 0 Å². The first-order valence-corrected chi connectivity index (χ1v) is 19.8. The molecule has 0 aliphatic carbocycles. The molecule has 0 spiro atoms. The van der Waals surface area contributed by atoms with Crippen molar-refractivity contribution in [1.29, 1.82) is 0 Å². The Hall–Kier alpha value is -8.02. The minimum absolute atomic E-state index is 0.597. The molecule has 274 valence electrons. The molecule has 5 heteroatoms. The van der Waals surface area contributed by atoms with E-state index in [2.05, 4.69) is 146 Å². The first-order chi connectivity index (χ1) is 29.2. The number of benzene rings is 9. The Morgan fingerprint density at radius 1 is 0.288 bits per heavy atom. The molecule has 0 amide bonds. The van der Waals surface area contributed by atoms with Crippen LogP contribution in [0.1, 0.15) is 0 Å². The van der Waals surface area contributed by atoms with Crippen LogP contribution in [0.15, 0.2) is 199 Å². The Labute approximate surface area is 338 Å². The second-order valence-electron chi connectivity index (χ2n) is 14.9. The zero-order chi connectivity index (χ0) is 38.9. The third kappa shape index (κ3) is 5.40. The number of hydrogen-bond donors (Lipinski definition) is 0. The second kappa shape index (κ2) is 13.3. The molecular formula is C54H32N4O. The summed E-state index contributed by atoms with van der Waals surface area (Å²) in [6, 6.07) is 67.7. The van der Waals surface area contributed by atoms with Gasteiger partial charge < -0.3 is 4.42 Å². The fourth-order valence-corrected chi connectivity index (χ4v) is 8.79. The fourth-order valence-electron chi connectivity index (χ4n) is 8.79. The summed E-state index contributed by atoms with van der Waals surface area (Å²) in [4.78, 5) is 20.5. The van der Waals surface area contributed by atoms with E-state index in [1.165, 1.54) is 32.7 Å². The minimum atomic E-state index is 0.597. The summed E-state index contributed by atoms with van der Waals surface area (Å²) < 4.78 is 6.29. The molecular weight excluding hydrogens is 721 g/mol. The standard InChI is InChI=1S/C54H32N4O/c1-2-14-36(15-3-1)51-56-52(37-29-27-35(28-30-37)50-44-21-9-8-20-43(44)49-46-22-10-11-24-47(46)59-54(49)55-50)58-53(57-51)45-32-31-41(39-18-6-7-19-40(39)45)42-23-12-16-34-26-25-33-13-4-5-17-38(33)48(34)42/h1-32H. The molecule has 0 saturated heterocycles. The minimum Gasteiger partial charge on any atom is -0.438 e. The molecule has 0 radical (unpaired) electrons. The average Bonchev–Trinajstić information content (AvgIpc) is 3.70. The van der Waals surface area contributed by atoms with Crippen molar-refractivity contribution in [3.63, 3.8) is 0 Å². The highest BCUT2D eigenvalue weighted by Crippen LogP contribution is 2.41. The van der Waals surface area contributed by atoms with Gasteiger partial charge in [0.2, 0.25) is 5.71 Å². The number of rotatable bonds is 5. The highest BCUT2D eigenvalue weighted by atomic mass is 16.3. The van der Waals surface area contributed by atoms with Gasteiger partial charge in [-0.2, -0.15) is 0 Å². The lowest BCUT2D eigenvalue weighted by molar-refractivity contribution is 0.655. The van der Waals surface area contributed by atoms with Gasteiger partial charge in [-0.3, -0.25) is 0 Å². The van der Waals surface area contributed by atoms with Crippen molar-refractivity contribution in [2.75, 3.05) is 0 Å². The molecule has 0 N–H and O–H groups in total. The maximum Gasteiger partial charge on any atom is 0.228 e. The van der Waals surface area contributed by atoms with E-state index in [4.69, 9.17) is 24.4 Å². The summed E-state index contributed by atoms with van der Waals surface area (Å²) in [6.07, 6.45) is 0.